The minimum absolute atomic E-state index is 0.738. The molecule has 0 radical (unpaired) electrons. The van der Waals surface area contributed by atoms with Gasteiger partial charge in [-0.05, 0) is 47.5 Å². The molecule has 0 aliphatic carbocycles. The molecule has 0 unspecified atom stereocenters. The van der Waals surface area contributed by atoms with Gasteiger partial charge >= 0.3 is 0 Å². The second-order valence-corrected chi connectivity index (χ2v) is 8.51. The number of fused-ring (bicyclic) bond motifs is 2. The lowest BCUT2D eigenvalue weighted by molar-refractivity contribution is 0.533. The van der Waals surface area contributed by atoms with Crippen molar-refractivity contribution in [3.63, 3.8) is 0 Å². The summed E-state index contributed by atoms with van der Waals surface area (Å²) < 4.78 is 2.01. The minimum atomic E-state index is 0.738. The molecule has 2 saturated heterocycles. The molecule has 6 heterocycles. The Morgan fingerprint density at radius 2 is 1.82 bits per heavy atom. The molecule has 0 aromatic carbocycles. The molecule has 2 atom stereocenters. The van der Waals surface area contributed by atoms with Gasteiger partial charge in [0, 0.05) is 44.1 Å². The second-order valence-electron chi connectivity index (χ2n) is 7.57. The Balaban J connectivity index is 1.50. The molecular weight excluding hydrogens is 368 g/mol. The lowest BCUT2D eigenvalue weighted by Crippen LogP contribution is -2.26. The number of hydrogen-bond acceptors (Lipinski definition) is 6. The highest BCUT2D eigenvalue weighted by Crippen LogP contribution is 2.35. The predicted octanol–water partition coefficient (Wildman–Crippen LogP) is 3.18. The van der Waals surface area contributed by atoms with Crippen LogP contribution in [0.2, 0.25) is 0 Å². The van der Waals surface area contributed by atoms with E-state index in [-0.39, 0.29) is 0 Å². The third kappa shape index (κ3) is 2.54. The fourth-order valence-corrected chi connectivity index (χ4v) is 5.20. The molecule has 2 aliphatic heterocycles. The van der Waals surface area contributed by atoms with Crippen molar-refractivity contribution in [3.05, 3.63) is 54.2 Å². The first kappa shape index (κ1) is 16.2. The van der Waals surface area contributed by atoms with Crippen molar-refractivity contribution in [3.8, 4) is 21.8 Å². The van der Waals surface area contributed by atoms with E-state index < -0.39 is 0 Å². The molecule has 28 heavy (non-hydrogen) atoms. The Labute approximate surface area is 166 Å². The van der Waals surface area contributed by atoms with Gasteiger partial charge in [0.2, 0.25) is 0 Å². The maximum Gasteiger partial charge on any atom is 0.155 e. The fourth-order valence-electron chi connectivity index (χ4n) is 4.49. The molecule has 6 rings (SSSR count). The van der Waals surface area contributed by atoms with E-state index >= 15 is 0 Å². The van der Waals surface area contributed by atoms with Crippen LogP contribution in [0.1, 0.15) is 0 Å². The molecule has 7 heteroatoms. The van der Waals surface area contributed by atoms with Crippen molar-refractivity contribution in [2.45, 2.75) is 0 Å². The second kappa shape index (κ2) is 6.39. The van der Waals surface area contributed by atoms with Gasteiger partial charge in [-0.3, -0.25) is 4.98 Å². The lowest BCUT2D eigenvalue weighted by Gasteiger charge is -2.18. The molecule has 0 bridgehead atoms. The fraction of sp³-hybridized carbons (Fsp3) is 0.286. The average molecular weight is 389 g/mol. The standard InChI is InChI=1S/C21H20N6S/c1-2-17(28-9-1)20-21(14-5-7-22-8-6-14)27-18(24-20)3-4-19(25-27)26-12-15-10-23-11-16(15)13-26/h1-9,15-16,23H,10-13H2/t15-,16+. The van der Waals surface area contributed by atoms with Gasteiger partial charge in [0.1, 0.15) is 17.2 Å². The number of aromatic nitrogens is 4. The summed E-state index contributed by atoms with van der Waals surface area (Å²) in [4.78, 5) is 12.7. The first-order chi connectivity index (χ1) is 13.9. The van der Waals surface area contributed by atoms with Crippen LogP contribution >= 0.6 is 11.3 Å². The van der Waals surface area contributed by atoms with Gasteiger partial charge in [-0.15, -0.1) is 16.4 Å². The van der Waals surface area contributed by atoms with E-state index in [1.165, 1.54) is 0 Å². The molecule has 0 spiro atoms. The number of anilines is 1. The van der Waals surface area contributed by atoms with Gasteiger partial charge in [-0.25, -0.2) is 9.50 Å². The number of rotatable bonds is 3. The van der Waals surface area contributed by atoms with Crippen LogP contribution in [0.3, 0.4) is 0 Å². The Hall–Kier alpha value is -2.77. The van der Waals surface area contributed by atoms with E-state index in [9.17, 15) is 0 Å². The summed E-state index contributed by atoms with van der Waals surface area (Å²) >= 11 is 1.70. The zero-order chi connectivity index (χ0) is 18.5. The van der Waals surface area contributed by atoms with Crippen LogP contribution in [-0.2, 0) is 0 Å². The van der Waals surface area contributed by atoms with E-state index in [2.05, 4.69) is 44.8 Å². The number of imidazole rings is 1. The number of pyridine rings is 1. The highest BCUT2D eigenvalue weighted by atomic mass is 32.1. The minimum Gasteiger partial charge on any atom is -0.355 e. The van der Waals surface area contributed by atoms with Gasteiger partial charge in [0.05, 0.1) is 4.88 Å². The topological polar surface area (TPSA) is 58.4 Å². The maximum atomic E-state index is 5.04. The molecule has 6 nitrogen and oxygen atoms in total. The summed E-state index contributed by atoms with van der Waals surface area (Å²) in [6.45, 7) is 4.40. The lowest BCUT2D eigenvalue weighted by atomic mass is 10.0. The zero-order valence-corrected chi connectivity index (χ0v) is 16.1. The van der Waals surface area contributed by atoms with E-state index in [1.54, 1.807) is 11.3 Å². The third-order valence-electron chi connectivity index (χ3n) is 5.89. The molecule has 0 amide bonds. The molecule has 1 N–H and O–H groups in total. The Kier molecular flexibility index (Phi) is 3.70. The summed E-state index contributed by atoms with van der Waals surface area (Å²) in [7, 11) is 0. The van der Waals surface area contributed by atoms with E-state index in [1.807, 2.05) is 29.0 Å². The Morgan fingerprint density at radius 3 is 2.57 bits per heavy atom. The first-order valence-corrected chi connectivity index (χ1v) is 10.5. The molecule has 4 aromatic heterocycles. The van der Waals surface area contributed by atoms with Crippen molar-refractivity contribution < 1.29 is 0 Å². The van der Waals surface area contributed by atoms with Gasteiger partial charge in [-0.1, -0.05) is 6.07 Å². The first-order valence-electron chi connectivity index (χ1n) is 9.66. The summed E-state index contributed by atoms with van der Waals surface area (Å²) in [5.41, 5.74) is 3.97. The monoisotopic (exact) mass is 388 g/mol. The van der Waals surface area contributed by atoms with Crippen LogP contribution < -0.4 is 10.2 Å². The van der Waals surface area contributed by atoms with Gasteiger partial charge in [0.25, 0.3) is 0 Å². The normalized spacial score (nSPS) is 21.5. The van der Waals surface area contributed by atoms with Crippen molar-refractivity contribution in [2.24, 2.45) is 11.8 Å². The van der Waals surface area contributed by atoms with Crippen LogP contribution in [-0.4, -0.2) is 45.8 Å². The average Bonchev–Trinajstić information content (AvgIpc) is 3.50. The van der Waals surface area contributed by atoms with Crippen LogP contribution in [0.5, 0.6) is 0 Å². The Bertz CT molecular complexity index is 1110. The molecule has 0 saturated carbocycles. The number of thiophene rings is 1. The van der Waals surface area contributed by atoms with Crippen LogP contribution in [0.25, 0.3) is 27.5 Å². The number of hydrogen-bond donors (Lipinski definition) is 1. The SMILES string of the molecule is c1csc(-c2nc3ccc(N4C[C@H]5CNC[C@H]5C4)nn3c2-c2ccncc2)c1. The highest BCUT2D eigenvalue weighted by Gasteiger charge is 2.36. The molecule has 4 aromatic rings. The van der Waals surface area contributed by atoms with E-state index in [0.717, 1.165) is 71.3 Å². The summed E-state index contributed by atoms with van der Waals surface area (Å²) in [6.07, 6.45) is 3.65. The quantitative estimate of drug-likeness (QED) is 0.584. The summed E-state index contributed by atoms with van der Waals surface area (Å²) in [5, 5.41) is 10.6. The van der Waals surface area contributed by atoms with Gasteiger partial charge < -0.3 is 10.2 Å². The summed E-state index contributed by atoms with van der Waals surface area (Å²) in [6, 6.07) is 12.5. The zero-order valence-electron chi connectivity index (χ0n) is 15.3. The van der Waals surface area contributed by atoms with Crippen LogP contribution in [0, 0.1) is 11.8 Å². The molecule has 140 valence electrons. The number of nitrogens with one attached hydrogen (secondary N) is 1. The number of nitrogens with zero attached hydrogens (tertiary/aromatic N) is 5. The van der Waals surface area contributed by atoms with E-state index in [4.69, 9.17) is 10.1 Å². The highest BCUT2D eigenvalue weighted by molar-refractivity contribution is 7.13. The van der Waals surface area contributed by atoms with Gasteiger partial charge in [-0.2, -0.15) is 0 Å². The van der Waals surface area contributed by atoms with Crippen molar-refractivity contribution in [2.75, 3.05) is 31.1 Å². The summed E-state index contributed by atoms with van der Waals surface area (Å²) in [5.74, 6) is 2.51. The largest absolute Gasteiger partial charge is 0.355 e. The van der Waals surface area contributed by atoms with Crippen LogP contribution in [0.4, 0.5) is 5.82 Å². The smallest absolute Gasteiger partial charge is 0.155 e. The van der Waals surface area contributed by atoms with Crippen molar-refractivity contribution in [1.29, 1.82) is 0 Å². The van der Waals surface area contributed by atoms with Crippen LogP contribution in [0.15, 0.2) is 54.2 Å². The van der Waals surface area contributed by atoms with E-state index in [0.29, 0.717) is 0 Å². The molecule has 2 aliphatic rings. The Morgan fingerprint density at radius 1 is 1.00 bits per heavy atom. The van der Waals surface area contributed by atoms with Crippen molar-refractivity contribution >= 4 is 22.8 Å². The van der Waals surface area contributed by atoms with Crippen molar-refractivity contribution in [1.82, 2.24) is 24.9 Å². The maximum absolute atomic E-state index is 5.04. The third-order valence-corrected chi connectivity index (χ3v) is 6.76. The molecule has 2 fully saturated rings. The predicted molar refractivity (Wildman–Crippen MR) is 112 cm³/mol. The van der Waals surface area contributed by atoms with Gasteiger partial charge in [0.15, 0.2) is 5.65 Å². The molecular formula is C21H20N6S.